The number of fused-ring (bicyclic) bond motifs is 1. The van der Waals surface area contributed by atoms with Crippen molar-refractivity contribution in [1.29, 1.82) is 5.41 Å². The monoisotopic (exact) mass is 431 g/mol. The van der Waals surface area contributed by atoms with Gasteiger partial charge in [0.2, 0.25) is 5.91 Å². The molecule has 7 heteroatoms. The molecule has 1 aliphatic rings. The molecule has 1 aliphatic carbocycles. The summed E-state index contributed by atoms with van der Waals surface area (Å²) in [7, 11) is 0. The minimum atomic E-state index is -0.249. The van der Waals surface area contributed by atoms with E-state index in [2.05, 4.69) is 10.3 Å². The van der Waals surface area contributed by atoms with Gasteiger partial charge in [-0.15, -0.1) is 0 Å². The van der Waals surface area contributed by atoms with Gasteiger partial charge in [-0.1, -0.05) is 37.5 Å². The first kappa shape index (κ1) is 21.6. The molecule has 0 atom stereocenters. The van der Waals surface area contributed by atoms with Crippen molar-refractivity contribution in [2.45, 2.75) is 32.1 Å². The van der Waals surface area contributed by atoms with Crippen molar-refractivity contribution < 1.29 is 9.59 Å². The highest BCUT2D eigenvalue weighted by atomic mass is 16.2. The molecule has 1 heterocycles. The Labute approximate surface area is 187 Å². The van der Waals surface area contributed by atoms with Crippen LogP contribution in [-0.2, 0) is 4.79 Å². The Morgan fingerprint density at radius 1 is 1.06 bits per heavy atom. The van der Waals surface area contributed by atoms with Crippen LogP contribution in [0.3, 0.4) is 0 Å². The Morgan fingerprint density at radius 2 is 1.78 bits per heavy atom. The number of hydrogen-bond acceptors (Lipinski definition) is 3. The van der Waals surface area contributed by atoms with Crippen molar-refractivity contribution in [1.82, 2.24) is 9.88 Å². The Balaban J connectivity index is 1.49. The minimum Gasteiger partial charge on any atom is -0.384 e. The van der Waals surface area contributed by atoms with Gasteiger partial charge in [-0.3, -0.25) is 15.0 Å². The van der Waals surface area contributed by atoms with Gasteiger partial charge in [0.1, 0.15) is 18.1 Å². The second-order valence-electron chi connectivity index (χ2n) is 8.50. The van der Waals surface area contributed by atoms with E-state index in [9.17, 15) is 9.59 Å². The van der Waals surface area contributed by atoms with Gasteiger partial charge in [-0.25, -0.2) is 0 Å². The number of H-pyrrole nitrogens is 1. The maximum atomic E-state index is 13.4. The zero-order valence-electron chi connectivity index (χ0n) is 18.1. The number of para-hydroxylation sites is 1. The van der Waals surface area contributed by atoms with Crippen LogP contribution in [0.5, 0.6) is 0 Å². The van der Waals surface area contributed by atoms with Crippen LogP contribution in [0.4, 0.5) is 5.69 Å². The number of amidine groups is 1. The lowest BCUT2D eigenvalue weighted by Gasteiger charge is -2.29. The summed E-state index contributed by atoms with van der Waals surface area (Å²) in [5, 5.41) is 11.3. The molecule has 2 amide bonds. The van der Waals surface area contributed by atoms with Crippen LogP contribution in [0.25, 0.3) is 10.9 Å². The molecule has 0 saturated heterocycles. The van der Waals surface area contributed by atoms with Crippen molar-refractivity contribution in [3.8, 4) is 0 Å². The number of nitrogens with zero attached hydrogens (tertiary/aromatic N) is 1. The normalized spacial score (nSPS) is 14.2. The lowest BCUT2D eigenvalue weighted by molar-refractivity contribution is -0.117. The highest BCUT2D eigenvalue weighted by Crippen LogP contribution is 2.25. The maximum absolute atomic E-state index is 13.4. The number of carbonyl (C=O) groups excluding carboxylic acids is 2. The Morgan fingerprint density at radius 3 is 2.47 bits per heavy atom. The van der Waals surface area contributed by atoms with Crippen molar-refractivity contribution in [2.75, 3.05) is 18.4 Å². The first-order chi connectivity index (χ1) is 15.5. The van der Waals surface area contributed by atoms with E-state index in [4.69, 9.17) is 11.1 Å². The molecular weight excluding hydrogens is 402 g/mol. The van der Waals surface area contributed by atoms with Crippen molar-refractivity contribution in [3.05, 3.63) is 65.9 Å². The number of anilines is 1. The van der Waals surface area contributed by atoms with E-state index in [0.717, 1.165) is 23.7 Å². The largest absolute Gasteiger partial charge is 0.384 e. The van der Waals surface area contributed by atoms with E-state index in [1.807, 2.05) is 30.3 Å². The molecule has 166 valence electrons. The fourth-order valence-electron chi connectivity index (χ4n) is 4.37. The lowest BCUT2D eigenvalue weighted by atomic mass is 9.89. The molecule has 0 unspecified atom stereocenters. The van der Waals surface area contributed by atoms with E-state index < -0.39 is 0 Å². The summed E-state index contributed by atoms with van der Waals surface area (Å²) >= 11 is 0. The summed E-state index contributed by atoms with van der Waals surface area (Å²) in [4.78, 5) is 31.0. The predicted molar refractivity (Wildman–Crippen MR) is 127 cm³/mol. The predicted octanol–water partition coefficient (Wildman–Crippen LogP) is 4.11. The number of aromatic nitrogens is 1. The molecule has 1 aromatic heterocycles. The van der Waals surface area contributed by atoms with Crippen LogP contribution in [0.1, 0.15) is 48.2 Å². The lowest BCUT2D eigenvalue weighted by Crippen LogP contribution is -2.41. The third kappa shape index (κ3) is 5.17. The zero-order chi connectivity index (χ0) is 22.5. The Hall–Kier alpha value is -3.61. The number of nitrogens with one attached hydrogen (secondary N) is 3. The smallest absolute Gasteiger partial charge is 0.270 e. The van der Waals surface area contributed by atoms with Crippen LogP contribution in [0.15, 0.2) is 54.6 Å². The second kappa shape index (κ2) is 9.68. The fourth-order valence-corrected chi connectivity index (χ4v) is 4.37. The summed E-state index contributed by atoms with van der Waals surface area (Å²) in [6.45, 7) is 0.560. The maximum Gasteiger partial charge on any atom is 0.270 e. The second-order valence-corrected chi connectivity index (χ2v) is 8.50. The van der Waals surface area contributed by atoms with Gasteiger partial charge in [-0.05, 0) is 55.2 Å². The number of benzene rings is 2. The fraction of sp³-hybridized carbons (Fsp3) is 0.320. The standard InChI is InChI=1S/C25H29N5O2/c26-24(27)18-10-12-20(13-11-18)28-23(31)16-30(15-17-6-2-1-3-7-17)25(32)22-14-19-8-4-5-9-21(19)29-22/h4-5,8-14,17,29H,1-3,6-7,15-16H2,(H3,26,27)(H,28,31). The summed E-state index contributed by atoms with van der Waals surface area (Å²) in [6.07, 6.45) is 5.76. The SMILES string of the molecule is N=C(N)c1ccc(NC(=O)CN(CC2CCCCC2)C(=O)c2cc3ccccc3[nH]2)cc1. The number of hydrogen-bond donors (Lipinski definition) is 4. The van der Waals surface area contributed by atoms with Crippen LogP contribution in [-0.4, -0.2) is 40.6 Å². The van der Waals surface area contributed by atoms with Crippen molar-refractivity contribution >= 4 is 34.2 Å². The highest BCUT2D eigenvalue weighted by molar-refractivity contribution is 6.01. The first-order valence-corrected chi connectivity index (χ1v) is 11.1. The van der Waals surface area contributed by atoms with Gasteiger partial charge >= 0.3 is 0 Å². The third-order valence-corrected chi connectivity index (χ3v) is 6.07. The average molecular weight is 432 g/mol. The number of nitrogen functional groups attached to an aromatic ring is 1. The Bertz CT molecular complexity index is 1080. The van der Waals surface area contributed by atoms with Gasteiger partial charge in [0.15, 0.2) is 0 Å². The number of carbonyl (C=O) groups is 2. The zero-order valence-corrected chi connectivity index (χ0v) is 18.1. The summed E-state index contributed by atoms with van der Waals surface area (Å²) in [6, 6.07) is 16.4. The van der Waals surface area contributed by atoms with Crippen LogP contribution in [0.2, 0.25) is 0 Å². The van der Waals surface area contributed by atoms with Crippen molar-refractivity contribution in [2.24, 2.45) is 11.7 Å². The Kier molecular flexibility index (Phi) is 6.54. The van der Waals surface area contributed by atoms with Gasteiger partial charge in [0.25, 0.3) is 5.91 Å². The van der Waals surface area contributed by atoms with Gasteiger partial charge in [0.05, 0.1) is 0 Å². The topological polar surface area (TPSA) is 115 Å². The molecule has 4 rings (SSSR count). The van der Waals surface area contributed by atoms with Crippen LogP contribution >= 0.6 is 0 Å². The average Bonchev–Trinajstić information content (AvgIpc) is 3.23. The minimum absolute atomic E-state index is 0.0147. The molecule has 32 heavy (non-hydrogen) atoms. The number of nitrogens with two attached hydrogens (primary N) is 1. The van der Waals surface area contributed by atoms with E-state index in [0.29, 0.717) is 29.4 Å². The van der Waals surface area contributed by atoms with Crippen molar-refractivity contribution in [3.63, 3.8) is 0 Å². The van der Waals surface area contributed by atoms with Gasteiger partial charge in [-0.2, -0.15) is 0 Å². The van der Waals surface area contributed by atoms with E-state index in [1.165, 1.54) is 19.3 Å². The molecule has 7 nitrogen and oxygen atoms in total. The molecule has 0 aliphatic heterocycles. The van der Waals surface area contributed by atoms with E-state index >= 15 is 0 Å². The summed E-state index contributed by atoms with van der Waals surface area (Å²) in [5.74, 6) is -0.0140. The number of aromatic amines is 1. The van der Waals surface area contributed by atoms with E-state index in [-0.39, 0.29) is 24.2 Å². The molecule has 3 aromatic rings. The van der Waals surface area contributed by atoms with E-state index in [1.54, 1.807) is 29.2 Å². The molecule has 1 fully saturated rings. The summed E-state index contributed by atoms with van der Waals surface area (Å²) < 4.78 is 0. The van der Waals surface area contributed by atoms with Gasteiger partial charge in [0, 0.05) is 28.7 Å². The molecule has 0 radical (unpaired) electrons. The molecule has 0 spiro atoms. The quantitative estimate of drug-likeness (QED) is 0.333. The first-order valence-electron chi connectivity index (χ1n) is 11.1. The number of rotatable bonds is 7. The third-order valence-electron chi connectivity index (χ3n) is 6.07. The number of amides is 2. The molecule has 0 bridgehead atoms. The van der Waals surface area contributed by atoms with Crippen LogP contribution in [0, 0.1) is 11.3 Å². The molecule has 1 saturated carbocycles. The van der Waals surface area contributed by atoms with Gasteiger partial charge < -0.3 is 20.9 Å². The molecular formula is C25H29N5O2. The highest BCUT2D eigenvalue weighted by Gasteiger charge is 2.25. The van der Waals surface area contributed by atoms with Crippen LogP contribution < -0.4 is 11.1 Å². The molecule has 2 aromatic carbocycles. The molecule has 5 N–H and O–H groups in total. The summed E-state index contributed by atoms with van der Waals surface area (Å²) in [5.41, 5.74) is 8.09.